The summed E-state index contributed by atoms with van der Waals surface area (Å²) in [6, 6.07) is 22.2. The van der Waals surface area contributed by atoms with E-state index in [0.29, 0.717) is 23.6 Å². The molecular formula is C21H18BrNO3. The van der Waals surface area contributed by atoms with Crippen LogP contribution in [-0.2, 0) is 11.3 Å². The van der Waals surface area contributed by atoms with E-state index in [-0.39, 0.29) is 5.91 Å². The van der Waals surface area contributed by atoms with Crippen molar-refractivity contribution in [3.63, 3.8) is 0 Å². The third-order valence-electron chi connectivity index (χ3n) is 3.69. The lowest BCUT2D eigenvalue weighted by Crippen LogP contribution is -2.11. The average Bonchev–Trinajstić information content (AvgIpc) is 2.66. The number of carbonyl (C=O) groups excluding carboxylic acids is 1. The molecule has 0 saturated heterocycles. The van der Waals surface area contributed by atoms with Crippen molar-refractivity contribution in [2.75, 3.05) is 12.4 Å². The van der Waals surface area contributed by atoms with E-state index in [2.05, 4.69) is 21.2 Å². The predicted molar refractivity (Wildman–Crippen MR) is 106 cm³/mol. The van der Waals surface area contributed by atoms with Crippen molar-refractivity contribution in [1.82, 2.24) is 0 Å². The molecule has 132 valence electrons. The molecule has 0 bridgehead atoms. The van der Waals surface area contributed by atoms with Gasteiger partial charge in [0.05, 0.1) is 6.61 Å². The SMILES string of the molecule is COCc1ccc(C(=O)Nc2ccc(Oc3ccc(Br)cc3)cc2)cc1. The van der Waals surface area contributed by atoms with Crippen molar-refractivity contribution in [2.24, 2.45) is 0 Å². The van der Waals surface area contributed by atoms with Gasteiger partial charge in [-0.1, -0.05) is 28.1 Å². The highest BCUT2D eigenvalue weighted by atomic mass is 79.9. The zero-order valence-electron chi connectivity index (χ0n) is 14.2. The number of ether oxygens (including phenoxy) is 2. The standard InChI is InChI=1S/C21H18BrNO3/c1-25-14-15-2-4-16(5-3-15)21(24)23-18-8-12-20(13-9-18)26-19-10-6-17(22)7-11-19/h2-13H,14H2,1H3,(H,23,24). The molecule has 0 radical (unpaired) electrons. The van der Waals surface area contributed by atoms with Gasteiger partial charge in [-0.3, -0.25) is 4.79 Å². The van der Waals surface area contributed by atoms with E-state index in [9.17, 15) is 4.79 Å². The second-order valence-electron chi connectivity index (χ2n) is 5.66. The summed E-state index contributed by atoms with van der Waals surface area (Å²) in [6.07, 6.45) is 0. The van der Waals surface area contributed by atoms with Gasteiger partial charge in [0, 0.05) is 22.8 Å². The first-order chi connectivity index (χ1) is 12.6. The molecule has 3 aromatic rings. The van der Waals surface area contributed by atoms with Gasteiger partial charge in [0.25, 0.3) is 5.91 Å². The number of methoxy groups -OCH3 is 1. The fourth-order valence-electron chi connectivity index (χ4n) is 2.37. The van der Waals surface area contributed by atoms with Crippen LogP contribution in [0, 0.1) is 0 Å². The largest absolute Gasteiger partial charge is 0.457 e. The summed E-state index contributed by atoms with van der Waals surface area (Å²) in [5, 5.41) is 2.88. The minimum absolute atomic E-state index is 0.157. The van der Waals surface area contributed by atoms with Gasteiger partial charge < -0.3 is 14.8 Å². The molecule has 0 aliphatic heterocycles. The summed E-state index contributed by atoms with van der Waals surface area (Å²) < 4.78 is 11.8. The molecule has 0 spiro atoms. The summed E-state index contributed by atoms with van der Waals surface area (Å²) in [7, 11) is 1.64. The van der Waals surface area contributed by atoms with Crippen LogP contribution in [0.3, 0.4) is 0 Å². The quantitative estimate of drug-likeness (QED) is 0.570. The Labute approximate surface area is 160 Å². The number of hydrogen-bond acceptors (Lipinski definition) is 3. The van der Waals surface area contributed by atoms with Crippen LogP contribution in [0.5, 0.6) is 11.5 Å². The van der Waals surface area contributed by atoms with Crippen molar-refractivity contribution in [1.29, 1.82) is 0 Å². The van der Waals surface area contributed by atoms with E-state index >= 15 is 0 Å². The molecule has 5 heteroatoms. The van der Waals surface area contributed by atoms with Crippen LogP contribution in [-0.4, -0.2) is 13.0 Å². The summed E-state index contributed by atoms with van der Waals surface area (Å²) in [4.78, 5) is 12.3. The lowest BCUT2D eigenvalue weighted by Gasteiger charge is -2.09. The Morgan fingerprint density at radius 1 is 0.885 bits per heavy atom. The number of benzene rings is 3. The van der Waals surface area contributed by atoms with E-state index in [1.165, 1.54) is 0 Å². The monoisotopic (exact) mass is 411 g/mol. The van der Waals surface area contributed by atoms with E-state index < -0.39 is 0 Å². The van der Waals surface area contributed by atoms with Crippen molar-refractivity contribution in [3.05, 3.63) is 88.4 Å². The molecule has 1 amide bonds. The van der Waals surface area contributed by atoms with Gasteiger partial charge in [-0.2, -0.15) is 0 Å². The van der Waals surface area contributed by atoms with Crippen LogP contribution in [0.25, 0.3) is 0 Å². The van der Waals surface area contributed by atoms with E-state index in [4.69, 9.17) is 9.47 Å². The van der Waals surface area contributed by atoms with E-state index in [1.54, 1.807) is 19.2 Å². The van der Waals surface area contributed by atoms with Crippen molar-refractivity contribution >= 4 is 27.5 Å². The van der Waals surface area contributed by atoms with Gasteiger partial charge in [-0.25, -0.2) is 0 Å². The maximum atomic E-state index is 12.3. The fraction of sp³-hybridized carbons (Fsp3) is 0.0952. The molecule has 0 fully saturated rings. The lowest BCUT2D eigenvalue weighted by atomic mass is 10.1. The molecule has 1 N–H and O–H groups in total. The van der Waals surface area contributed by atoms with Gasteiger partial charge in [-0.05, 0) is 66.2 Å². The highest BCUT2D eigenvalue weighted by Crippen LogP contribution is 2.24. The zero-order chi connectivity index (χ0) is 18.4. The molecule has 0 aromatic heterocycles. The molecule has 4 nitrogen and oxygen atoms in total. The first-order valence-electron chi connectivity index (χ1n) is 8.07. The Hall–Kier alpha value is -2.63. The number of amides is 1. The molecule has 0 aliphatic carbocycles. The maximum Gasteiger partial charge on any atom is 0.255 e. The first-order valence-corrected chi connectivity index (χ1v) is 8.86. The number of hydrogen-bond donors (Lipinski definition) is 1. The van der Waals surface area contributed by atoms with Crippen molar-refractivity contribution < 1.29 is 14.3 Å². The second-order valence-corrected chi connectivity index (χ2v) is 6.58. The Balaban J connectivity index is 1.61. The number of carbonyl (C=O) groups is 1. The summed E-state index contributed by atoms with van der Waals surface area (Å²) in [5.41, 5.74) is 2.33. The van der Waals surface area contributed by atoms with E-state index in [1.807, 2.05) is 60.7 Å². The minimum atomic E-state index is -0.157. The Morgan fingerprint density at radius 2 is 1.46 bits per heavy atom. The molecule has 0 atom stereocenters. The van der Waals surface area contributed by atoms with Gasteiger partial charge in [0.15, 0.2) is 0 Å². The highest BCUT2D eigenvalue weighted by Gasteiger charge is 2.06. The fourth-order valence-corrected chi connectivity index (χ4v) is 2.63. The van der Waals surface area contributed by atoms with Crippen LogP contribution in [0.1, 0.15) is 15.9 Å². The van der Waals surface area contributed by atoms with Gasteiger partial charge in [-0.15, -0.1) is 0 Å². The second kappa shape index (κ2) is 8.65. The topological polar surface area (TPSA) is 47.6 Å². The number of rotatable bonds is 6. The average molecular weight is 412 g/mol. The molecule has 3 rings (SSSR count). The number of nitrogens with one attached hydrogen (secondary N) is 1. The van der Waals surface area contributed by atoms with Crippen LogP contribution in [0.4, 0.5) is 5.69 Å². The maximum absolute atomic E-state index is 12.3. The molecule has 3 aromatic carbocycles. The Kier molecular flexibility index (Phi) is 6.04. The van der Waals surface area contributed by atoms with Crippen LogP contribution in [0.2, 0.25) is 0 Å². The number of halogens is 1. The van der Waals surface area contributed by atoms with Gasteiger partial charge in [0.1, 0.15) is 11.5 Å². The number of anilines is 1. The third kappa shape index (κ3) is 4.94. The summed E-state index contributed by atoms with van der Waals surface area (Å²) in [5.74, 6) is 1.30. The smallest absolute Gasteiger partial charge is 0.255 e. The molecule has 26 heavy (non-hydrogen) atoms. The van der Waals surface area contributed by atoms with E-state index in [0.717, 1.165) is 15.8 Å². The summed E-state index contributed by atoms with van der Waals surface area (Å²) >= 11 is 3.39. The first kappa shape index (κ1) is 18.2. The Bertz CT molecular complexity index is 859. The van der Waals surface area contributed by atoms with Crippen molar-refractivity contribution in [2.45, 2.75) is 6.61 Å². The molecule has 0 saturated carbocycles. The highest BCUT2D eigenvalue weighted by molar-refractivity contribution is 9.10. The summed E-state index contributed by atoms with van der Waals surface area (Å²) in [6.45, 7) is 0.529. The predicted octanol–water partition coefficient (Wildman–Crippen LogP) is 5.64. The normalized spacial score (nSPS) is 10.4. The van der Waals surface area contributed by atoms with Crippen LogP contribution < -0.4 is 10.1 Å². The minimum Gasteiger partial charge on any atom is -0.457 e. The van der Waals surface area contributed by atoms with Gasteiger partial charge >= 0.3 is 0 Å². The van der Waals surface area contributed by atoms with Crippen LogP contribution in [0.15, 0.2) is 77.3 Å². The zero-order valence-corrected chi connectivity index (χ0v) is 15.8. The van der Waals surface area contributed by atoms with Crippen molar-refractivity contribution in [3.8, 4) is 11.5 Å². The molecule has 0 unspecified atom stereocenters. The molecular weight excluding hydrogens is 394 g/mol. The van der Waals surface area contributed by atoms with Crippen LogP contribution >= 0.6 is 15.9 Å². The van der Waals surface area contributed by atoms with Gasteiger partial charge in [0.2, 0.25) is 0 Å². The lowest BCUT2D eigenvalue weighted by molar-refractivity contribution is 0.102. The molecule has 0 heterocycles. The Morgan fingerprint density at radius 3 is 2.04 bits per heavy atom. The third-order valence-corrected chi connectivity index (χ3v) is 4.22. The molecule has 0 aliphatic rings.